The van der Waals surface area contributed by atoms with E-state index in [9.17, 15) is 5.11 Å². The zero-order valence-electron chi connectivity index (χ0n) is 14.4. The van der Waals surface area contributed by atoms with Gasteiger partial charge in [0.25, 0.3) is 0 Å². The van der Waals surface area contributed by atoms with Crippen LogP contribution in [0.15, 0.2) is 42.7 Å². The predicted octanol–water partition coefficient (Wildman–Crippen LogP) is 1.65. The molecular formula is C19H26N4O2. The average molecular weight is 342 g/mol. The van der Waals surface area contributed by atoms with Gasteiger partial charge in [-0.2, -0.15) is 0 Å². The highest BCUT2D eigenvalue weighted by Gasteiger charge is 2.24. The SMILES string of the molecule is OCC(O)C1CCN(Cc2cnc(NCc3ccccc3)nc2)CC1. The van der Waals surface area contributed by atoms with Gasteiger partial charge in [-0.3, -0.25) is 4.90 Å². The summed E-state index contributed by atoms with van der Waals surface area (Å²) >= 11 is 0. The van der Waals surface area contributed by atoms with Gasteiger partial charge in [0.05, 0.1) is 12.7 Å². The largest absolute Gasteiger partial charge is 0.394 e. The minimum absolute atomic E-state index is 0.143. The van der Waals surface area contributed by atoms with Crippen molar-refractivity contribution in [2.24, 2.45) is 5.92 Å². The molecule has 2 heterocycles. The highest BCUT2D eigenvalue weighted by molar-refractivity contribution is 5.27. The highest BCUT2D eigenvalue weighted by atomic mass is 16.3. The molecule has 25 heavy (non-hydrogen) atoms. The van der Waals surface area contributed by atoms with Crippen molar-refractivity contribution in [2.45, 2.75) is 32.0 Å². The van der Waals surface area contributed by atoms with Gasteiger partial charge < -0.3 is 15.5 Å². The third-order valence-corrected chi connectivity index (χ3v) is 4.77. The first-order valence-electron chi connectivity index (χ1n) is 8.84. The van der Waals surface area contributed by atoms with E-state index < -0.39 is 6.10 Å². The smallest absolute Gasteiger partial charge is 0.222 e. The minimum atomic E-state index is -0.583. The minimum Gasteiger partial charge on any atom is -0.394 e. The van der Waals surface area contributed by atoms with Gasteiger partial charge in [0, 0.05) is 31.0 Å². The van der Waals surface area contributed by atoms with E-state index in [0.29, 0.717) is 12.5 Å². The van der Waals surface area contributed by atoms with Crippen LogP contribution in [-0.4, -0.2) is 50.9 Å². The Bertz CT molecular complexity index is 628. The van der Waals surface area contributed by atoms with Gasteiger partial charge in [0.2, 0.25) is 5.95 Å². The number of aliphatic hydroxyl groups is 2. The summed E-state index contributed by atoms with van der Waals surface area (Å²) in [5, 5.41) is 22.0. The van der Waals surface area contributed by atoms with E-state index >= 15 is 0 Å². The number of hydrogen-bond donors (Lipinski definition) is 3. The van der Waals surface area contributed by atoms with Crippen LogP contribution in [0.2, 0.25) is 0 Å². The molecule has 3 rings (SSSR count). The van der Waals surface area contributed by atoms with Gasteiger partial charge >= 0.3 is 0 Å². The number of piperidine rings is 1. The third-order valence-electron chi connectivity index (χ3n) is 4.77. The van der Waals surface area contributed by atoms with E-state index in [1.165, 1.54) is 5.56 Å². The molecule has 1 aliphatic heterocycles. The van der Waals surface area contributed by atoms with Crippen LogP contribution in [-0.2, 0) is 13.1 Å². The molecule has 2 aromatic rings. The zero-order chi connectivity index (χ0) is 17.5. The number of rotatable bonds is 7. The van der Waals surface area contributed by atoms with Crippen molar-refractivity contribution in [1.29, 1.82) is 0 Å². The maximum Gasteiger partial charge on any atom is 0.222 e. The fourth-order valence-corrected chi connectivity index (χ4v) is 3.21. The standard InChI is InChI=1S/C19H26N4O2/c24-14-18(25)17-6-8-23(9-7-17)13-16-11-21-19(22-12-16)20-10-15-4-2-1-3-5-15/h1-5,11-12,17-18,24-25H,6-10,13-14H2,(H,20,21,22). The van der Waals surface area contributed by atoms with Crippen molar-refractivity contribution in [3.05, 3.63) is 53.9 Å². The Hall–Kier alpha value is -2.02. The second kappa shape index (κ2) is 8.89. The molecule has 1 saturated heterocycles. The number of anilines is 1. The van der Waals surface area contributed by atoms with Crippen molar-refractivity contribution < 1.29 is 10.2 Å². The van der Waals surface area contributed by atoms with Gasteiger partial charge in [-0.25, -0.2) is 9.97 Å². The number of aromatic nitrogens is 2. The van der Waals surface area contributed by atoms with Gasteiger partial charge in [-0.1, -0.05) is 30.3 Å². The van der Waals surface area contributed by atoms with Crippen LogP contribution in [0.3, 0.4) is 0 Å². The quantitative estimate of drug-likeness (QED) is 0.710. The molecule has 0 radical (unpaired) electrons. The van der Waals surface area contributed by atoms with E-state index in [2.05, 4.69) is 32.3 Å². The van der Waals surface area contributed by atoms with Crippen LogP contribution < -0.4 is 5.32 Å². The maximum absolute atomic E-state index is 9.73. The first kappa shape index (κ1) is 17.8. The maximum atomic E-state index is 9.73. The van der Waals surface area contributed by atoms with Crippen LogP contribution in [0.25, 0.3) is 0 Å². The van der Waals surface area contributed by atoms with Gasteiger partial charge in [-0.15, -0.1) is 0 Å². The molecule has 6 nitrogen and oxygen atoms in total. The average Bonchev–Trinajstić information content (AvgIpc) is 2.68. The lowest BCUT2D eigenvalue weighted by molar-refractivity contribution is 0.0171. The summed E-state index contributed by atoms with van der Waals surface area (Å²) in [7, 11) is 0. The van der Waals surface area contributed by atoms with Crippen LogP contribution in [0, 0.1) is 5.92 Å². The first-order chi connectivity index (χ1) is 12.2. The molecule has 0 saturated carbocycles. The molecule has 1 unspecified atom stereocenters. The van der Waals surface area contributed by atoms with Crippen molar-refractivity contribution in [3.63, 3.8) is 0 Å². The summed E-state index contributed by atoms with van der Waals surface area (Å²) in [6, 6.07) is 10.2. The second-order valence-corrected chi connectivity index (χ2v) is 6.62. The van der Waals surface area contributed by atoms with E-state index in [1.807, 2.05) is 30.6 Å². The summed E-state index contributed by atoms with van der Waals surface area (Å²) in [6.45, 7) is 3.24. The molecule has 1 aromatic heterocycles. The molecule has 1 aliphatic rings. The van der Waals surface area contributed by atoms with Crippen molar-refractivity contribution >= 4 is 5.95 Å². The lowest BCUT2D eigenvalue weighted by atomic mass is 9.91. The monoisotopic (exact) mass is 342 g/mol. The lowest BCUT2D eigenvalue weighted by Crippen LogP contribution is -2.38. The number of hydrogen-bond acceptors (Lipinski definition) is 6. The van der Waals surface area contributed by atoms with Crippen LogP contribution >= 0.6 is 0 Å². The van der Waals surface area contributed by atoms with E-state index in [0.717, 1.165) is 38.0 Å². The number of nitrogens with one attached hydrogen (secondary N) is 1. The summed E-state index contributed by atoms with van der Waals surface area (Å²) in [4.78, 5) is 11.1. The Kier molecular flexibility index (Phi) is 6.33. The summed E-state index contributed by atoms with van der Waals surface area (Å²) < 4.78 is 0. The number of likely N-dealkylation sites (tertiary alicyclic amines) is 1. The van der Waals surface area contributed by atoms with Crippen LogP contribution in [0.1, 0.15) is 24.0 Å². The molecule has 3 N–H and O–H groups in total. The number of benzene rings is 1. The Morgan fingerprint density at radius 2 is 1.76 bits per heavy atom. The molecule has 0 aliphatic carbocycles. The van der Waals surface area contributed by atoms with E-state index in [1.54, 1.807) is 0 Å². The van der Waals surface area contributed by atoms with Crippen molar-refractivity contribution in [3.8, 4) is 0 Å². The summed E-state index contributed by atoms with van der Waals surface area (Å²) in [5.74, 6) is 0.847. The molecule has 1 fully saturated rings. The van der Waals surface area contributed by atoms with Crippen LogP contribution in [0.5, 0.6) is 0 Å². The molecule has 0 spiro atoms. The molecular weight excluding hydrogens is 316 g/mol. The van der Waals surface area contributed by atoms with E-state index in [4.69, 9.17) is 5.11 Å². The fraction of sp³-hybridized carbons (Fsp3) is 0.474. The number of aliphatic hydroxyl groups excluding tert-OH is 2. The first-order valence-corrected chi connectivity index (χ1v) is 8.84. The lowest BCUT2D eigenvalue weighted by Gasteiger charge is -2.33. The molecule has 0 amide bonds. The Balaban J connectivity index is 1.45. The van der Waals surface area contributed by atoms with Crippen molar-refractivity contribution in [2.75, 3.05) is 25.0 Å². The van der Waals surface area contributed by atoms with E-state index in [-0.39, 0.29) is 12.5 Å². The van der Waals surface area contributed by atoms with Gasteiger partial charge in [0.15, 0.2) is 0 Å². The van der Waals surface area contributed by atoms with Crippen LogP contribution in [0.4, 0.5) is 5.95 Å². The predicted molar refractivity (Wildman–Crippen MR) is 96.9 cm³/mol. The fourth-order valence-electron chi connectivity index (χ4n) is 3.21. The molecule has 6 heteroatoms. The van der Waals surface area contributed by atoms with Gasteiger partial charge in [-0.05, 0) is 37.4 Å². The third kappa shape index (κ3) is 5.22. The number of nitrogens with zero attached hydrogens (tertiary/aromatic N) is 3. The summed E-state index contributed by atoms with van der Waals surface area (Å²) in [5.41, 5.74) is 2.29. The normalized spacial score (nSPS) is 17.4. The Labute approximate surface area is 148 Å². The molecule has 0 bridgehead atoms. The van der Waals surface area contributed by atoms with Gasteiger partial charge in [0.1, 0.15) is 0 Å². The molecule has 134 valence electrons. The Morgan fingerprint density at radius 1 is 1.08 bits per heavy atom. The molecule has 1 atom stereocenters. The van der Waals surface area contributed by atoms with Crippen molar-refractivity contribution in [1.82, 2.24) is 14.9 Å². The highest BCUT2D eigenvalue weighted by Crippen LogP contribution is 2.21. The Morgan fingerprint density at radius 3 is 2.40 bits per heavy atom. The molecule has 1 aromatic carbocycles. The topological polar surface area (TPSA) is 81.5 Å². The summed E-state index contributed by atoms with van der Waals surface area (Å²) in [6.07, 6.45) is 4.99. The zero-order valence-corrected chi connectivity index (χ0v) is 14.4. The second-order valence-electron chi connectivity index (χ2n) is 6.62.